The molecule has 0 unspecified atom stereocenters. The monoisotopic (exact) mass is 331 g/mol. The summed E-state index contributed by atoms with van der Waals surface area (Å²) in [5, 5.41) is 20.2. The number of aromatic hydroxyl groups is 1. The first-order valence-electron chi connectivity index (χ1n) is 8.70. The van der Waals surface area contributed by atoms with Crippen LogP contribution in [0.5, 0.6) is 5.75 Å². The predicted molar refractivity (Wildman–Crippen MR) is 93.3 cm³/mol. The maximum absolute atomic E-state index is 12.0. The zero-order valence-electron chi connectivity index (χ0n) is 14.1. The smallest absolute Gasteiger partial charge is 0.336 e. The summed E-state index contributed by atoms with van der Waals surface area (Å²) in [7, 11) is 0. The third-order valence-corrected chi connectivity index (χ3v) is 5.07. The van der Waals surface area contributed by atoms with Crippen molar-refractivity contribution in [3.8, 4) is 5.75 Å². The fraction of sp³-hybridized carbons (Fsp3) is 0.526. The molecule has 0 radical (unpaired) electrons. The number of aryl methyl sites for hydroxylation is 1. The molecule has 1 saturated carbocycles. The number of nitrogens with zero attached hydrogens (tertiary/aromatic N) is 1. The number of benzene rings is 1. The molecule has 1 aromatic heterocycles. The molecule has 24 heavy (non-hydrogen) atoms. The third kappa shape index (κ3) is 3.47. The van der Waals surface area contributed by atoms with Crippen LogP contribution in [0.4, 0.5) is 0 Å². The van der Waals surface area contributed by atoms with Crippen molar-refractivity contribution in [1.29, 1.82) is 0 Å². The molecule has 3 rings (SSSR count). The zero-order valence-corrected chi connectivity index (χ0v) is 14.1. The van der Waals surface area contributed by atoms with Gasteiger partial charge in [-0.1, -0.05) is 19.3 Å². The highest BCUT2D eigenvalue weighted by Crippen LogP contribution is 2.29. The van der Waals surface area contributed by atoms with E-state index >= 15 is 0 Å². The van der Waals surface area contributed by atoms with Crippen LogP contribution in [0, 0.1) is 6.92 Å². The van der Waals surface area contributed by atoms with E-state index in [1.165, 1.54) is 25.3 Å². The van der Waals surface area contributed by atoms with Gasteiger partial charge in [-0.2, -0.15) is 0 Å². The van der Waals surface area contributed by atoms with Crippen molar-refractivity contribution < 1.29 is 14.6 Å². The molecule has 1 fully saturated rings. The van der Waals surface area contributed by atoms with E-state index in [1.807, 2.05) is 0 Å². The van der Waals surface area contributed by atoms with Crippen molar-refractivity contribution in [3.05, 3.63) is 39.7 Å². The van der Waals surface area contributed by atoms with Crippen LogP contribution in [0.3, 0.4) is 0 Å². The van der Waals surface area contributed by atoms with Crippen LogP contribution < -0.4 is 5.63 Å². The summed E-state index contributed by atoms with van der Waals surface area (Å²) in [6.45, 7) is 3.06. The molecule has 0 spiro atoms. The first kappa shape index (κ1) is 17.0. The van der Waals surface area contributed by atoms with Crippen molar-refractivity contribution >= 4 is 11.0 Å². The van der Waals surface area contributed by atoms with Crippen LogP contribution in [-0.2, 0) is 6.54 Å². The lowest BCUT2D eigenvalue weighted by atomic mass is 9.93. The van der Waals surface area contributed by atoms with Gasteiger partial charge in [-0.15, -0.1) is 0 Å². The number of rotatable bonds is 5. The second kappa shape index (κ2) is 7.36. The summed E-state index contributed by atoms with van der Waals surface area (Å²) in [5.74, 6) is 0.127. The van der Waals surface area contributed by atoms with Gasteiger partial charge in [0.15, 0.2) is 0 Å². The normalized spacial score (nSPS) is 16.1. The topological polar surface area (TPSA) is 73.9 Å². The minimum Gasteiger partial charge on any atom is -0.508 e. The fourth-order valence-corrected chi connectivity index (χ4v) is 3.73. The van der Waals surface area contributed by atoms with Gasteiger partial charge in [-0.3, -0.25) is 4.90 Å². The molecule has 0 saturated heterocycles. The summed E-state index contributed by atoms with van der Waals surface area (Å²) in [6.07, 6.45) is 5.99. The van der Waals surface area contributed by atoms with Crippen molar-refractivity contribution in [2.45, 2.75) is 51.6 Å². The Labute approximate surface area is 141 Å². The van der Waals surface area contributed by atoms with E-state index in [0.717, 1.165) is 23.8 Å². The minimum absolute atomic E-state index is 0.107. The van der Waals surface area contributed by atoms with E-state index in [2.05, 4.69) is 4.90 Å². The van der Waals surface area contributed by atoms with Gasteiger partial charge >= 0.3 is 5.63 Å². The fourth-order valence-electron chi connectivity index (χ4n) is 3.73. The summed E-state index contributed by atoms with van der Waals surface area (Å²) < 4.78 is 5.32. The highest BCUT2D eigenvalue weighted by atomic mass is 16.4. The van der Waals surface area contributed by atoms with Crippen molar-refractivity contribution in [2.75, 3.05) is 13.2 Å². The maximum Gasteiger partial charge on any atom is 0.336 e. The van der Waals surface area contributed by atoms with E-state index in [1.54, 1.807) is 19.1 Å². The van der Waals surface area contributed by atoms with Crippen molar-refractivity contribution in [2.24, 2.45) is 0 Å². The number of aliphatic hydroxyl groups excluding tert-OH is 1. The van der Waals surface area contributed by atoms with Crippen LogP contribution >= 0.6 is 0 Å². The second-order valence-electron chi connectivity index (χ2n) is 6.66. The molecule has 1 aliphatic rings. The lowest BCUT2D eigenvalue weighted by molar-refractivity contribution is 0.117. The van der Waals surface area contributed by atoms with E-state index in [0.29, 0.717) is 30.3 Å². The quantitative estimate of drug-likeness (QED) is 0.824. The summed E-state index contributed by atoms with van der Waals surface area (Å²) in [4.78, 5) is 14.2. The molecule has 130 valence electrons. The Balaban J connectivity index is 1.98. The zero-order chi connectivity index (χ0) is 17.1. The molecule has 1 aliphatic carbocycles. The Morgan fingerprint density at radius 3 is 2.71 bits per heavy atom. The Morgan fingerprint density at radius 2 is 2.00 bits per heavy atom. The predicted octanol–water partition coefficient (Wildman–Crippen LogP) is 2.93. The first-order valence-corrected chi connectivity index (χ1v) is 8.70. The Bertz CT molecular complexity index is 762. The Kier molecular flexibility index (Phi) is 5.21. The van der Waals surface area contributed by atoms with Gasteiger partial charge in [0, 0.05) is 36.1 Å². The largest absolute Gasteiger partial charge is 0.508 e. The lowest BCUT2D eigenvalue weighted by Gasteiger charge is -2.34. The molecular weight excluding hydrogens is 306 g/mol. The highest BCUT2D eigenvalue weighted by molar-refractivity contribution is 5.84. The number of hydrogen-bond donors (Lipinski definition) is 2. The van der Waals surface area contributed by atoms with Crippen LogP contribution in [0.15, 0.2) is 27.4 Å². The molecule has 0 bridgehead atoms. The van der Waals surface area contributed by atoms with Gasteiger partial charge in [0.25, 0.3) is 0 Å². The maximum atomic E-state index is 12.0. The van der Waals surface area contributed by atoms with Gasteiger partial charge in [-0.25, -0.2) is 4.79 Å². The third-order valence-electron chi connectivity index (χ3n) is 5.07. The van der Waals surface area contributed by atoms with Gasteiger partial charge in [-0.05, 0) is 37.5 Å². The van der Waals surface area contributed by atoms with E-state index in [9.17, 15) is 15.0 Å². The Hall–Kier alpha value is -1.85. The molecule has 1 heterocycles. The van der Waals surface area contributed by atoms with Crippen LogP contribution in [0.2, 0.25) is 0 Å². The van der Waals surface area contributed by atoms with E-state index in [4.69, 9.17) is 4.42 Å². The summed E-state index contributed by atoms with van der Waals surface area (Å²) in [6, 6.07) is 5.42. The molecule has 0 amide bonds. The molecule has 2 aromatic rings. The van der Waals surface area contributed by atoms with Gasteiger partial charge < -0.3 is 14.6 Å². The summed E-state index contributed by atoms with van der Waals surface area (Å²) in [5.41, 5.74) is 1.52. The molecule has 0 atom stereocenters. The molecule has 5 heteroatoms. The summed E-state index contributed by atoms with van der Waals surface area (Å²) >= 11 is 0. The average Bonchev–Trinajstić information content (AvgIpc) is 2.59. The molecule has 0 aliphatic heterocycles. The lowest BCUT2D eigenvalue weighted by Crippen LogP contribution is -2.38. The second-order valence-corrected chi connectivity index (χ2v) is 6.66. The molecular formula is C19H25NO4. The van der Waals surface area contributed by atoms with Gasteiger partial charge in [0.05, 0.1) is 6.61 Å². The standard InChI is InChI=1S/C19H25NO4/c1-13-17(22)8-7-16-14(11-18(23)24-19(13)16)12-20(9-10-21)15-5-3-2-4-6-15/h7-8,11,15,21-22H,2-6,9-10,12H2,1H3. The van der Waals surface area contributed by atoms with E-state index < -0.39 is 5.63 Å². The number of phenolic OH excluding ortho intramolecular Hbond substituents is 1. The van der Waals surface area contributed by atoms with Crippen LogP contribution in [-0.4, -0.2) is 34.3 Å². The molecule has 1 aromatic carbocycles. The number of hydrogen-bond acceptors (Lipinski definition) is 5. The van der Waals surface area contributed by atoms with Gasteiger partial charge in [0.1, 0.15) is 11.3 Å². The molecule has 5 nitrogen and oxygen atoms in total. The number of fused-ring (bicyclic) bond motifs is 1. The Morgan fingerprint density at radius 1 is 1.25 bits per heavy atom. The minimum atomic E-state index is -0.404. The SMILES string of the molecule is Cc1c(O)ccc2c(CN(CCO)C3CCCCC3)cc(=O)oc12. The van der Waals surface area contributed by atoms with Crippen LogP contribution in [0.1, 0.15) is 43.2 Å². The highest BCUT2D eigenvalue weighted by Gasteiger charge is 2.22. The average molecular weight is 331 g/mol. The number of phenols is 1. The van der Waals surface area contributed by atoms with Crippen molar-refractivity contribution in [3.63, 3.8) is 0 Å². The van der Waals surface area contributed by atoms with E-state index in [-0.39, 0.29) is 12.4 Å². The van der Waals surface area contributed by atoms with Crippen molar-refractivity contribution in [1.82, 2.24) is 4.90 Å². The molecule has 2 N–H and O–H groups in total. The van der Waals surface area contributed by atoms with Crippen LogP contribution in [0.25, 0.3) is 11.0 Å². The van der Waals surface area contributed by atoms with Gasteiger partial charge in [0.2, 0.25) is 0 Å². The number of aliphatic hydroxyl groups is 1. The first-order chi connectivity index (χ1) is 11.6.